The standard InChI is InChI=1S/C16H23ClN6O3S.ClH/c1-3-25-13-8-11(7-12(17)15(13)26-10-14(18)24)9-19-5-4-6-27-16-20-21-22-23(16)2;/h7-8,19H,3-6,9-10H2,1-2H3,(H2,18,24);1H. The van der Waals surface area contributed by atoms with Gasteiger partial charge in [0.05, 0.1) is 11.6 Å². The number of ether oxygens (including phenoxy) is 2. The molecule has 0 fully saturated rings. The van der Waals surface area contributed by atoms with E-state index in [1.54, 1.807) is 22.5 Å². The zero-order valence-corrected chi connectivity index (χ0v) is 18.1. The van der Waals surface area contributed by atoms with Gasteiger partial charge in [-0.15, -0.1) is 17.5 Å². The fraction of sp³-hybridized carbons (Fsp3) is 0.500. The van der Waals surface area contributed by atoms with Crippen molar-refractivity contribution >= 4 is 41.7 Å². The van der Waals surface area contributed by atoms with Crippen molar-refractivity contribution in [3.63, 3.8) is 0 Å². The molecule has 1 amide bonds. The molecule has 0 bridgehead atoms. The maximum absolute atomic E-state index is 10.9. The van der Waals surface area contributed by atoms with Gasteiger partial charge in [0.1, 0.15) is 0 Å². The molecule has 0 saturated carbocycles. The normalized spacial score (nSPS) is 10.4. The number of aryl methyl sites for hydroxylation is 1. The van der Waals surface area contributed by atoms with Crippen molar-refractivity contribution in [2.45, 2.75) is 25.0 Å². The lowest BCUT2D eigenvalue weighted by Crippen LogP contribution is -2.20. The second-order valence-corrected chi connectivity index (χ2v) is 7.03. The molecule has 0 atom stereocenters. The second-order valence-electron chi connectivity index (χ2n) is 5.56. The van der Waals surface area contributed by atoms with Crippen molar-refractivity contribution in [3.05, 3.63) is 22.7 Å². The van der Waals surface area contributed by atoms with Gasteiger partial charge in [0, 0.05) is 19.3 Å². The Morgan fingerprint density at radius 2 is 2.18 bits per heavy atom. The third kappa shape index (κ3) is 7.70. The number of halogens is 2. The molecular formula is C16H24Cl2N6O3S. The summed E-state index contributed by atoms with van der Waals surface area (Å²) in [6.07, 6.45) is 0.962. The third-order valence-electron chi connectivity index (χ3n) is 3.37. The minimum Gasteiger partial charge on any atom is -0.490 e. The number of thioether (sulfide) groups is 1. The molecule has 0 aliphatic carbocycles. The highest BCUT2D eigenvalue weighted by atomic mass is 35.5. The molecule has 0 saturated heterocycles. The van der Waals surface area contributed by atoms with Gasteiger partial charge >= 0.3 is 0 Å². The average molecular weight is 451 g/mol. The lowest BCUT2D eigenvalue weighted by Gasteiger charge is -2.15. The zero-order valence-electron chi connectivity index (χ0n) is 15.7. The van der Waals surface area contributed by atoms with Gasteiger partial charge in [0.25, 0.3) is 5.91 Å². The lowest BCUT2D eigenvalue weighted by molar-refractivity contribution is -0.119. The van der Waals surface area contributed by atoms with Crippen molar-refractivity contribution in [3.8, 4) is 11.5 Å². The molecule has 12 heteroatoms. The van der Waals surface area contributed by atoms with Gasteiger partial charge < -0.3 is 20.5 Å². The Hall–Kier alpha value is -1.75. The smallest absolute Gasteiger partial charge is 0.255 e. The third-order valence-corrected chi connectivity index (χ3v) is 4.74. The fourth-order valence-electron chi connectivity index (χ4n) is 2.21. The highest BCUT2D eigenvalue weighted by Crippen LogP contribution is 2.36. The van der Waals surface area contributed by atoms with Crippen molar-refractivity contribution < 1.29 is 14.3 Å². The van der Waals surface area contributed by atoms with Gasteiger partial charge in [-0.05, 0) is 48.0 Å². The van der Waals surface area contributed by atoms with Gasteiger partial charge in [-0.3, -0.25) is 4.79 Å². The zero-order chi connectivity index (χ0) is 19.6. The number of tetrazole rings is 1. The Morgan fingerprint density at radius 3 is 2.82 bits per heavy atom. The Labute approximate surface area is 179 Å². The van der Waals surface area contributed by atoms with E-state index in [-0.39, 0.29) is 19.0 Å². The molecule has 0 radical (unpaired) electrons. The van der Waals surface area contributed by atoms with E-state index in [0.29, 0.717) is 29.7 Å². The summed E-state index contributed by atoms with van der Waals surface area (Å²) < 4.78 is 12.6. The van der Waals surface area contributed by atoms with Crippen LogP contribution < -0.4 is 20.5 Å². The van der Waals surface area contributed by atoms with Crippen LogP contribution in [0.3, 0.4) is 0 Å². The van der Waals surface area contributed by atoms with Crippen molar-refractivity contribution in [1.82, 2.24) is 25.5 Å². The molecule has 0 aliphatic rings. The molecule has 3 N–H and O–H groups in total. The molecule has 156 valence electrons. The molecule has 2 aromatic rings. The highest BCUT2D eigenvalue weighted by molar-refractivity contribution is 7.99. The number of rotatable bonds is 12. The van der Waals surface area contributed by atoms with Crippen molar-refractivity contribution in [2.75, 3.05) is 25.5 Å². The Morgan fingerprint density at radius 1 is 1.39 bits per heavy atom. The number of nitrogens with zero attached hydrogens (tertiary/aromatic N) is 4. The van der Waals surface area contributed by atoms with Crippen LogP contribution in [0.2, 0.25) is 5.02 Å². The van der Waals surface area contributed by atoms with Crippen LogP contribution in [0, 0.1) is 0 Å². The first-order chi connectivity index (χ1) is 13.0. The number of amides is 1. The highest BCUT2D eigenvalue weighted by Gasteiger charge is 2.13. The summed E-state index contributed by atoms with van der Waals surface area (Å²) in [5.41, 5.74) is 6.08. The maximum atomic E-state index is 10.9. The predicted octanol–water partition coefficient (Wildman–Crippen LogP) is 1.82. The van der Waals surface area contributed by atoms with E-state index in [1.807, 2.05) is 20.0 Å². The Balaban J connectivity index is 0.00000392. The summed E-state index contributed by atoms with van der Waals surface area (Å²) in [5, 5.41) is 15.9. The van der Waals surface area contributed by atoms with Gasteiger partial charge in [-0.2, -0.15) is 0 Å². The first kappa shape index (κ1) is 24.3. The molecule has 0 aliphatic heterocycles. The Kier molecular flexibility index (Phi) is 11.0. The lowest BCUT2D eigenvalue weighted by atomic mass is 10.2. The number of carbonyl (C=O) groups excluding carboxylic acids is 1. The summed E-state index contributed by atoms with van der Waals surface area (Å²) >= 11 is 7.89. The van der Waals surface area contributed by atoms with E-state index in [2.05, 4.69) is 20.8 Å². The average Bonchev–Trinajstić information content (AvgIpc) is 3.02. The van der Waals surface area contributed by atoms with Crippen LogP contribution >= 0.6 is 35.8 Å². The van der Waals surface area contributed by atoms with Gasteiger partial charge in [0.2, 0.25) is 5.16 Å². The molecule has 0 unspecified atom stereocenters. The summed E-state index contributed by atoms with van der Waals surface area (Å²) in [4.78, 5) is 10.9. The van der Waals surface area contributed by atoms with Crippen LogP contribution in [0.1, 0.15) is 18.9 Å². The van der Waals surface area contributed by atoms with Crippen LogP contribution in [0.25, 0.3) is 0 Å². The van der Waals surface area contributed by atoms with Crippen LogP contribution in [-0.2, 0) is 18.4 Å². The first-order valence-electron chi connectivity index (χ1n) is 8.43. The van der Waals surface area contributed by atoms with E-state index in [0.717, 1.165) is 29.4 Å². The van der Waals surface area contributed by atoms with E-state index in [9.17, 15) is 4.79 Å². The molecular weight excluding hydrogens is 427 g/mol. The van der Waals surface area contributed by atoms with Crippen LogP contribution in [0.4, 0.5) is 0 Å². The molecule has 1 aromatic heterocycles. The Bertz CT molecular complexity index is 762. The number of aromatic nitrogens is 4. The number of hydrogen-bond acceptors (Lipinski definition) is 8. The van der Waals surface area contributed by atoms with Gasteiger partial charge in [-0.25, -0.2) is 4.68 Å². The molecule has 1 heterocycles. The van der Waals surface area contributed by atoms with Crippen LogP contribution in [0.15, 0.2) is 17.3 Å². The van der Waals surface area contributed by atoms with Crippen LogP contribution in [0.5, 0.6) is 11.5 Å². The van der Waals surface area contributed by atoms with Gasteiger partial charge in [-0.1, -0.05) is 23.4 Å². The van der Waals surface area contributed by atoms with E-state index >= 15 is 0 Å². The number of carbonyl (C=O) groups is 1. The predicted molar refractivity (Wildman–Crippen MR) is 110 cm³/mol. The topological polar surface area (TPSA) is 117 Å². The van der Waals surface area contributed by atoms with Crippen molar-refractivity contribution in [1.29, 1.82) is 0 Å². The van der Waals surface area contributed by atoms with Gasteiger partial charge in [0.15, 0.2) is 18.1 Å². The molecule has 9 nitrogen and oxygen atoms in total. The largest absolute Gasteiger partial charge is 0.490 e. The van der Waals surface area contributed by atoms with Crippen molar-refractivity contribution in [2.24, 2.45) is 12.8 Å². The van der Waals surface area contributed by atoms with E-state index < -0.39 is 5.91 Å². The summed E-state index contributed by atoms with van der Waals surface area (Å²) in [5.74, 6) is 1.16. The fourth-order valence-corrected chi connectivity index (χ4v) is 3.28. The summed E-state index contributed by atoms with van der Waals surface area (Å²) in [6, 6.07) is 3.63. The summed E-state index contributed by atoms with van der Waals surface area (Å²) in [6.45, 7) is 3.53. The number of hydrogen-bond donors (Lipinski definition) is 2. The number of primary amides is 1. The molecule has 2 rings (SSSR count). The maximum Gasteiger partial charge on any atom is 0.255 e. The SMILES string of the molecule is CCOc1cc(CNCCCSc2nnnn2C)cc(Cl)c1OCC(N)=O.Cl. The molecule has 28 heavy (non-hydrogen) atoms. The quantitative estimate of drug-likeness (QED) is 0.371. The number of nitrogens with two attached hydrogens (primary N) is 1. The number of benzene rings is 1. The summed E-state index contributed by atoms with van der Waals surface area (Å²) in [7, 11) is 1.82. The minimum atomic E-state index is -0.575. The first-order valence-corrected chi connectivity index (χ1v) is 9.79. The molecule has 0 spiro atoms. The minimum absolute atomic E-state index is 0. The number of nitrogens with one attached hydrogen (secondary N) is 1. The second kappa shape index (κ2) is 12.7. The molecule has 1 aromatic carbocycles. The van der Waals surface area contributed by atoms with E-state index in [4.69, 9.17) is 26.8 Å². The van der Waals surface area contributed by atoms with E-state index in [1.165, 1.54) is 0 Å². The monoisotopic (exact) mass is 450 g/mol. The van der Waals surface area contributed by atoms with Crippen LogP contribution in [-0.4, -0.2) is 51.6 Å².